The van der Waals surface area contributed by atoms with E-state index in [-0.39, 0.29) is 42.3 Å². The van der Waals surface area contributed by atoms with Gasteiger partial charge < -0.3 is 0 Å². The van der Waals surface area contributed by atoms with E-state index in [4.69, 9.17) is 46.4 Å². The van der Waals surface area contributed by atoms with Gasteiger partial charge in [0.25, 0.3) is 0 Å². The Balaban J connectivity index is 2.07. The van der Waals surface area contributed by atoms with Crippen molar-refractivity contribution in [3.63, 3.8) is 0 Å². The quantitative estimate of drug-likeness (QED) is 0.181. The maximum Gasteiger partial charge on any atom is 0.197 e. The summed E-state index contributed by atoms with van der Waals surface area (Å²) in [6.07, 6.45) is 7.29. The molecule has 6 heteroatoms. The van der Waals surface area contributed by atoms with Crippen molar-refractivity contribution in [3.8, 4) is 0 Å². The Morgan fingerprint density at radius 2 is 1.18 bits per heavy atom. The van der Waals surface area contributed by atoms with Crippen molar-refractivity contribution in [3.05, 3.63) is 103 Å². The van der Waals surface area contributed by atoms with Gasteiger partial charge in [0.2, 0.25) is 0 Å². The average Bonchev–Trinajstić information content (AvgIpc) is 2.80. The van der Waals surface area contributed by atoms with E-state index in [0.29, 0.717) is 6.42 Å². The highest BCUT2D eigenvalue weighted by atomic mass is 35.5. The molecule has 3 rings (SSSR count). The molecule has 3 aromatic rings. The molecule has 0 N–H and O–H groups in total. The van der Waals surface area contributed by atoms with Gasteiger partial charge in [-0.15, -0.1) is 0 Å². The normalized spacial score (nSPS) is 11.0. The van der Waals surface area contributed by atoms with Gasteiger partial charge in [0.15, 0.2) is 11.6 Å². The molecule has 3 aromatic carbocycles. The van der Waals surface area contributed by atoms with Crippen LogP contribution in [0.5, 0.6) is 0 Å². The summed E-state index contributed by atoms with van der Waals surface area (Å²) in [7, 11) is 0. The van der Waals surface area contributed by atoms with Crippen LogP contribution in [-0.4, -0.2) is 11.6 Å². The summed E-state index contributed by atoms with van der Waals surface area (Å²) < 4.78 is 0. The molecule has 0 aromatic heterocycles. The first-order chi connectivity index (χ1) is 16.4. The number of carbonyl (C=O) groups is 2. The van der Waals surface area contributed by atoms with E-state index in [9.17, 15) is 9.59 Å². The zero-order valence-corrected chi connectivity index (χ0v) is 21.9. The second-order valence-electron chi connectivity index (χ2n) is 8.12. The van der Waals surface area contributed by atoms with E-state index in [1.54, 1.807) is 42.5 Å². The molecule has 0 aliphatic rings. The fourth-order valence-electron chi connectivity index (χ4n) is 3.96. The van der Waals surface area contributed by atoms with Gasteiger partial charge >= 0.3 is 0 Å². The van der Waals surface area contributed by atoms with E-state index < -0.39 is 11.6 Å². The van der Waals surface area contributed by atoms with Crippen LogP contribution in [0.3, 0.4) is 0 Å². The predicted molar refractivity (Wildman–Crippen MR) is 142 cm³/mol. The molecule has 0 fully saturated rings. The first kappa shape index (κ1) is 26.8. The van der Waals surface area contributed by atoms with Crippen LogP contribution >= 0.6 is 46.4 Å². The molecular formula is C28H25Cl4O2. The fraction of sp³-hybridized carbons (Fsp3) is 0.286. The van der Waals surface area contributed by atoms with Gasteiger partial charge in [0.1, 0.15) is 0 Å². The third-order valence-electron chi connectivity index (χ3n) is 5.72. The van der Waals surface area contributed by atoms with E-state index in [1.807, 2.05) is 6.07 Å². The maximum absolute atomic E-state index is 13.8. The van der Waals surface area contributed by atoms with E-state index in [2.05, 4.69) is 13.0 Å². The number of rotatable bonds is 11. The zero-order chi connectivity index (χ0) is 24.7. The summed E-state index contributed by atoms with van der Waals surface area (Å²) in [5, 5.41) is 0.866. The van der Waals surface area contributed by atoms with Gasteiger partial charge in [0.05, 0.1) is 31.2 Å². The molecule has 177 valence electrons. The number of carbonyl (C=O) groups excluding carboxylic acids is 2. The Labute approximate surface area is 221 Å². The standard InChI is InChI=1S/C28H25Cl4O2/c1-2-3-4-5-6-7-11-18-12-8-13-19(27(33)25-20(29)14-9-15-21(25)30)24(18)28(34)26-22(31)16-10-17-23(26)32/h8-10,12,14-17H,2-7,11H2,1H3. The molecule has 0 spiro atoms. The Morgan fingerprint density at radius 1 is 0.676 bits per heavy atom. The Morgan fingerprint density at radius 3 is 1.74 bits per heavy atom. The van der Waals surface area contributed by atoms with Gasteiger partial charge in [-0.25, -0.2) is 0 Å². The van der Waals surface area contributed by atoms with Crippen LogP contribution in [0.4, 0.5) is 0 Å². The van der Waals surface area contributed by atoms with Crippen molar-refractivity contribution in [2.75, 3.05) is 0 Å². The first-order valence-corrected chi connectivity index (χ1v) is 12.9. The number of benzene rings is 3. The fourth-order valence-corrected chi connectivity index (χ4v) is 5.10. The van der Waals surface area contributed by atoms with Crippen molar-refractivity contribution in [2.24, 2.45) is 0 Å². The van der Waals surface area contributed by atoms with Crippen LogP contribution in [0.15, 0.2) is 48.5 Å². The second-order valence-corrected chi connectivity index (χ2v) is 9.75. The molecule has 0 unspecified atom stereocenters. The third kappa shape index (κ3) is 6.23. The van der Waals surface area contributed by atoms with Gasteiger partial charge in [-0.3, -0.25) is 9.59 Å². The Bertz CT molecular complexity index is 1150. The summed E-state index contributed by atoms with van der Waals surface area (Å²) in [4.78, 5) is 27.4. The van der Waals surface area contributed by atoms with Gasteiger partial charge in [-0.1, -0.05) is 110 Å². The van der Waals surface area contributed by atoms with E-state index in [1.165, 1.54) is 19.3 Å². The highest BCUT2D eigenvalue weighted by Crippen LogP contribution is 2.33. The van der Waals surface area contributed by atoms with E-state index >= 15 is 0 Å². The van der Waals surface area contributed by atoms with Crippen molar-refractivity contribution in [2.45, 2.75) is 51.9 Å². The molecule has 0 amide bonds. The molecule has 0 aliphatic heterocycles. The molecule has 0 aliphatic carbocycles. The van der Waals surface area contributed by atoms with Gasteiger partial charge in [-0.05, 0) is 48.7 Å². The van der Waals surface area contributed by atoms with Crippen LogP contribution < -0.4 is 0 Å². The lowest BCUT2D eigenvalue weighted by Crippen LogP contribution is -2.16. The van der Waals surface area contributed by atoms with Crippen molar-refractivity contribution in [1.29, 1.82) is 0 Å². The minimum Gasteiger partial charge on any atom is -0.288 e. The Kier molecular flexibility index (Phi) is 10.0. The minimum atomic E-state index is -0.466. The van der Waals surface area contributed by atoms with Crippen LogP contribution in [0.25, 0.3) is 0 Å². The summed E-state index contributed by atoms with van der Waals surface area (Å²) in [5.41, 5.74) is 1.40. The topological polar surface area (TPSA) is 34.1 Å². The maximum atomic E-state index is 13.8. The van der Waals surface area contributed by atoms with Crippen molar-refractivity contribution < 1.29 is 9.59 Å². The largest absolute Gasteiger partial charge is 0.288 e. The number of halogens is 4. The lowest BCUT2D eigenvalue weighted by atomic mass is 9.87. The molecule has 0 saturated heterocycles. The number of hydrogen-bond acceptors (Lipinski definition) is 2. The molecule has 34 heavy (non-hydrogen) atoms. The predicted octanol–water partition coefficient (Wildman–Crippen LogP) is 9.47. The molecule has 0 heterocycles. The average molecular weight is 535 g/mol. The molecule has 1 radical (unpaired) electrons. The number of ketones is 2. The lowest BCUT2D eigenvalue weighted by molar-refractivity contribution is 0.100. The van der Waals surface area contributed by atoms with Crippen LogP contribution in [0, 0.1) is 6.07 Å². The minimum absolute atomic E-state index is 0.111. The Hall–Kier alpha value is -1.84. The number of hydrogen-bond donors (Lipinski definition) is 0. The summed E-state index contributed by atoms with van der Waals surface area (Å²) in [5.74, 6) is -0.883. The first-order valence-electron chi connectivity index (χ1n) is 11.4. The number of unbranched alkanes of at least 4 members (excludes halogenated alkanes) is 5. The zero-order valence-electron chi connectivity index (χ0n) is 18.9. The second kappa shape index (κ2) is 12.7. The van der Waals surface area contributed by atoms with E-state index in [0.717, 1.165) is 24.8 Å². The molecule has 2 nitrogen and oxygen atoms in total. The van der Waals surface area contributed by atoms with Crippen molar-refractivity contribution in [1.82, 2.24) is 0 Å². The van der Waals surface area contributed by atoms with Crippen LogP contribution in [0.1, 0.15) is 82.9 Å². The summed E-state index contributed by atoms with van der Waals surface area (Å²) in [6, 6.07) is 16.2. The monoisotopic (exact) mass is 533 g/mol. The summed E-state index contributed by atoms with van der Waals surface area (Å²) in [6.45, 7) is 2.18. The molecule has 0 saturated carbocycles. The lowest BCUT2D eigenvalue weighted by Gasteiger charge is -2.16. The van der Waals surface area contributed by atoms with Crippen LogP contribution in [-0.2, 0) is 6.42 Å². The van der Waals surface area contributed by atoms with Crippen LogP contribution in [0.2, 0.25) is 20.1 Å². The number of aryl methyl sites for hydroxylation is 1. The third-order valence-corrected chi connectivity index (χ3v) is 6.98. The molecule has 0 atom stereocenters. The smallest absolute Gasteiger partial charge is 0.197 e. The molecular weight excluding hydrogens is 510 g/mol. The summed E-state index contributed by atoms with van der Waals surface area (Å²) >= 11 is 25.3. The SMILES string of the molecule is CCCCCCCCc1cc[c]c(C(=O)c2c(Cl)cccc2Cl)c1C(=O)c1c(Cl)cccc1Cl. The van der Waals surface area contributed by atoms with Crippen molar-refractivity contribution >= 4 is 58.0 Å². The highest BCUT2D eigenvalue weighted by Gasteiger charge is 2.27. The highest BCUT2D eigenvalue weighted by molar-refractivity contribution is 6.43. The van der Waals surface area contributed by atoms with Gasteiger partial charge in [-0.2, -0.15) is 0 Å². The van der Waals surface area contributed by atoms with Gasteiger partial charge in [0, 0.05) is 11.1 Å². The molecule has 0 bridgehead atoms.